The molecule has 0 amide bonds. The lowest BCUT2D eigenvalue weighted by Crippen LogP contribution is -2.27. The monoisotopic (exact) mass is 304 g/mol. The van der Waals surface area contributed by atoms with Crippen molar-refractivity contribution in [1.82, 2.24) is 0 Å². The van der Waals surface area contributed by atoms with E-state index in [2.05, 4.69) is 13.1 Å². The Hall–Kier alpha value is -0.813. The predicted octanol–water partition coefficient (Wildman–Crippen LogP) is 5.27. The third kappa shape index (κ3) is 6.09. The Balaban J connectivity index is 2.29. The average molecular weight is 304 g/mol. The Morgan fingerprint density at radius 2 is 1.60 bits per heavy atom. The zero-order valence-electron chi connectivity index (χ0n) is 12.4. The van der Waals surface area contributed by atoms with Crippen LogP contribution in [0, 0.1) is 0 Å². The van der Waals surface area contributed by atoms with Gasteiger partial charge in [-0.2, -0.15) is 13.2 Å². The van der Waals surface area contributed by atoms with Gasteiger partial charge in [0.25, 0.3) is 0 Å². The average Bonchev–Trinajstić information content (AvgIpc) is 2.38. The van der Waals surface area contributed by atoms with Gasteiger partial charge in [0, 0.05) is 7.11 Å². The van der Waals surface area contributed by atoms with Crippen molar-refractivity contribution in [2.24, 2.45) is 0 Å². The topological polar surface area (TPSA) is 9.23 Å². The molecule has 0 saturated heterocycles. The summed E-state index contributed by atoms with van der Waals surface area (Å²) in [6.45, 7) is 4.39. The van der Waals surface area contributed by atoms with Gasteiger partial charge in [0.1, 0.15) is 0 Å². The molecule has 0 N–H and O–H groups in total. The first kappa shape index (κ1) is 17.2. The number of rotatable bonds is 7. The molecule has 0 bridgehead atoms. The van der Waals surface area contributed by atoms with Crippen molar-refractivity contribution in [3.63, 3.8) is 0 Å². The normalized spacial score (nSPS) is 12.7. The van der Waals surface area contributed by atoms with Gasteiger partial charge in [0.05, 0.1) is 5.56 Å². The quantitative estimate of drug-likeness (QED) is 0.492. The van der Waals surface area contributed by atoms with Crippen LogP contribution < -0.4 is 0 Å². The minimum absolute atomic E-state index is 0.575. The molecule has 0 aliphatic carbocycles. The van der Waals surface area contributed by atoms with Crippen LogP contribution in [-0.4, -0.2) is 15.4 Å². The van der Waals surface area contributed by atoms with Crippen LogP contribution >= 0.6 is 0 Å². The molecule has 0 aliphatic heterocycles. The zero-order valence-corrected chi connectivity index (χ0v) is 13.4. The number of hydrogen-bond acceptors (Lipinski definition) is 1. The second kappa shape index (κ2) is 7.27. The SMILES string of the molecule is CO[Si](C)(C)CCCCCc1ccc(C(F)(F)F)cc1. The molecule has 0 heterocycles. The summed E-state index contributed by atoms with van der Waals surface area (Å²) in [5.74, 6) is 0. The van der Waals surface area contributed by atoms with Crippen molar-refractivity contribution >= 4 is 8.32 Å². The summed E-state index contributed by atoms with van der Waals surface area (Å²) in [4.78, 5) is 0. The molecular formula is C15H23F3OSi. The van der Waals surface area contributed by atoms with Crippen LogP contribution in [0.25, 0.3) is 0 Å². The number of alkyl halides is 3. The number of aryl methyl sites for hydroxylation is 1. The Morgan fingerprint density at radius 1 is 1.00 bits per heavy atom. The maximum absolute atomic E-state index is 12.4. The molecule has 0 unspecified atom stereocenters. The summed E-state index contributed by atoms with van der Waals surface area (Å²) >= 11 is 0. The molecule has 0 aliphatic rings. The van der Waals surface area contributed by atoms with Crippen molar-refractivity contribution in [1.29, 1.82) is 0 Å². The van der Waals surface area contributed by atoms with E-state index in [-0.39, 0.29) is 0 Å². The minimum atomic E-state index is -4.24. The first-order valence-corrected chi connectivity index (χ1v) is 10.1. The van der Waals surface area contributed by atoms with Gasteiger partial charge in [-0.05, 0) is 49.7 Å². The second-order valence-electron chi connectivity index (χ2n) is 5.72. The molecule has 0 radical (unpaired) electrons. The van der Waals surface area contributed by atoms with Crippen LogP contribution in [-0.2, 0) is 17.0 Å². The van der Waals surface area contributed by atoms with E-state index in [1.54, 1.807) is 19.2 Å². The third-order valence-corrected chi connectivity index (χ3v) is 6.24. The van der Waals surface area contributed by atoms with Crippen LogP contribution in [0.5, 0.6) is 0 Å². The highest BCUT2D eigenvalue weighted by Crippen LogP contribution is 2.29. The van der Waals surface area contributed by atoms with E-state index >= 15 is 0 Å². The molecular weight excluding hydrogens is 281 g/mol. The molecule has 114 valence electrons. The summed E-state index contributed by atoms with van der Waals surface area (Å²) in [6.07, 6.45) is -0.157. The highest BCUT2D eigenvalue weighted by Gasteiger charge is 2.29. The summed E-state index contributed by atoms with van der Waals surface area (Å²) in [5, 5.41) is 0. The summed E-state index contributed by atoms with van der Waals surface area (Å²) in [5.41, 5.74) is 0.398. The van der Waals surface area contributed by atoms with Gasteiger partial charge < -0.3 is 4.43 Å². The van der Waals surface area contributed by atoms with E-state index in [1.807, 2.05) is 0 Å². The van der Waals surface area contributed by atoms with Gasteiger partial charge in [-0.15, -0.1) is 0 Å². The van der Waals surface area contributed by atoms with Gasteiger partial charge in [0.2, 0.25) is 0 Å². The molecule has 0 fully saturated rings. The first-order valence-electron chi connectivity index (χ1n) is 6.96. The molecule has 1 aromatic carbocycles. The number of hydrogen-bond donors (Lipinski definition) is 0. The molecule has 1 aromatic rings. The van der Waals surface area contributed by atoms with E-state index in [4.69, 9.17) is 4.43 Å². The van der Waals surface area contributed by atoms with E-state index in [0.29, 0.717) is 0 Å². The lowest BCUT2D eigenvalue weighted by molar-refractivity contribution is -0.137. The number of unbranched alkanes of at least 4 members (excludes halogenated alkanes) is 2. The number of halogens is 3. The molecule has 0 aromatic heterocycles. The predicted molar refractivity (Wildman–Crippen MR) is 78.3 cm³/mol. The molecule has 1 rings (SSSR count). The standard InChI is InChI=1S/C15H23F3OSi/c1-19-20(2,3)12-6-4-5-7-13-8-10-14(11-9-13)15(16,17)18/h8-11H,4-7,12H2,1-3H3. The molecule has 0 saturated carbocycles. The van der Waals surface area contributed by atoms with Crippen molar-refractivity contribution < 1.29 is 17.6 Å². The van der Waals surface area contributed by atoms with Crippen LogP contribution in [0.1, 0.15) is 30.4 Å². The Kier molecular flexibility index (Phi) is 6.26. The second-order valence-corrected chi connectivity index (χ2v) is 10.1. The fourth-order valence-corrected chi connectivity index (χ4v) is 3.32. The van der Waals surface area contributed by atoms with Gasteiger partial charge in [-0.1, -0.05) is 25.0 Å². The molecule has 5 heteroatoms. The number of benzene rings is 1. The molecule has 20 heavy (non-hydrogen) atoms. The molecule has 0 atom stereocenters. The van der Waals surface area contributed by atoms with Crippen molar-refractivity contribution in [3.8, 4) is 0 Å². The van der Waals surface area contributed by atoms with Crippen LogP contribution in [0.2, 0.25) is 19.1 Å². The smallest absolute Gasteiger partial charge is 0.416 e. The van der Waals surface area contributed by atoms with Gasteiger partial charge in [0.15, 0.2) is 8.32 Å². The van der Waals surface area contributed by atoms with Crippen LogP contribution in [0.3, 0.4) is 0 Å². The van der Waals surface area contributed by atoms with Gasteiger partial charge >= 0.3 is 6.18 Å². The molecule has 0 spiro atoms. The van der Waals surface area contributed by atoms with Crippen molar-refractivity contribution in [2.75, 3.05) is 7.11 Å². The maximum atomic E-state index is 12.4. The van der Waals surface area contributed by atoms with Crippen LogP contribution in [0.4, 0.5) is 13.2 Å². The van der Waals surface area contributed by atoms with Crippen LogP contribution in [0.15, 0.2) is 24.3 Å². The van der Waals surface area contributed by atoms with E-state index in [0.717, 1.165) is 49.4 Å². The lowest BCUT2D eigenvalue weighted by Gasteiger charge is -2.19. The highest BCUT2D eigenvalue weighted by molar-refractivity contribution is 6.71. The van der Waals surface area contributed by atoms with Gasteiger partial charge in [-0.25, -0.2) is 0 Å². The van der Waals surface area contributed by atoms with E-state index in [9.17, 15) is 13.2 Å². The van der Waals surface area contributed by atoms with Gasteiger partial charge in [-0.3, -0.25) is 0 Å². The Labute approximate surface area is 120 Å². The fraction of sp³-hybridized carbons (Fsp3) is 0.600. The lowest BCUT2D eigenvalue weighted by atomic mass is 10.1. The van der Waals surface area contributed by atoms with E-state index < -0.39 is 20.1 Å². The third-order valence-electron chi connectivity index (χ3n) is 3.58. The minimum Gasteiger partial charge on any atom is -0.420 e. The fourth-order valence-electron chi connectivity index (χ4n) is 2.02. The summed E-state index contributed by atoms with van der Waals surface area (Å²) in [6, 6.07) is 6.62. The Morgan fingerprint density at radius 3 is 2.10 bits per heavy atom. The molecule has 1 nitrogen and oxygen atoms in total. The van der Waals surface area contributed by atoms with Crippen molar-refractivity contribution in [3.05, 3.63) is 35.4 Å². The maximum Gasteiger partial charge on any atom is 0.416 e. The largest absolute Gasteiger partial charge is 0.420 e. The Bertz CT molecular complexity index is 399. The van der Waals surface area contributed by atoms with Crippen molar-refractivity contribution in [2.45, 2.75) is 51.0 Å². The zero-order chi connectivity index (χ0) is 15.2. The first-order chi connectivity index (χ1) is 9.24. The summed E-state index contributed by atoms with van der Waals surface area (Å²) < 4.78 is 42.7. The summed E-state index contributed by atoms with van der Waals surface area (Å²) in [7, 11) is 0.312. The van der Waals surface area contributed by atoms with E-state index in [1.165, 1.54) is 0 Å². The highest BCUT2D eigenvalue weighted by atomic mass is 28.4.